The predicted octanol–water partition coefficient (Wildman–Crippen LogP) is 2.24. The standard InChI is InChI=1S/C15H12O5/c1-18-9-4-5-14-12(6-9)13(15(17)20-14)7-10-2-3-11(8-16)19-10/h2-7,16H,8H2,1H3. The van der Waals surface area contributed by atoms with Gasteiger partial charge < -0.3 is 19.0 Å². The van der Waals surface area contributed by atoms with E-state index in [4.69, 9.17) is 19.0 Å². The number of rotatable bonds is 3. The van der Waals surface area contributed by atoms with Crippen LogP contribution in [-0.2, 0) is 11.4 Å². The molecule has 1 aromatic carbocycles. The van der Waals surface area contributed by atoms with Gasteiger partial charge >= 0.3 is 5.97 Å². The van der Waals surface area contributed by atoms with Crippen LogP contribution in [0.2, 0.25) is 0 Å². The lowest BCUT2D eigenvalue weighted by Gasteiger charge is -2.01. The molecule has 1 N–H and O–H groups in total. The summed E-state index contributed by atoms with van der Waals surface area (Å²) < 4.78 is 15.7. The summed E-state index contributed by atoms with van der Waals surface area (Å²) in [6.07, 6.45) is 1.59. The molecule has 0 amide bonds. The zero-order chi connectivity index (χ0) is 14.1. The van der Waals surface area contributed by atoms with Crippen LogP contribution >= 0.6 is 0 Å². The van der Waals surface area contributed by atoms with Crippen molar-refractivity contribution in [3.8, 4) is 11.5 Å². The van der Waals surface area contributed by atoms with Gasteiger partial charge in [0.25, 0.3) is 0 Å². The van der Waals surface area contributed by atoms with Gasteiger partial charge in [-0.15, -0.1) is 0 Å². The summed E-state index contributed by atoms with van der Waals surface area (Å²) >= 11 is 0. The number of methoxy groups -OCH3 is 1. The minimum atomic E-state index is -0.435. The van der Waals surface area contributed by atoms with Gasteiger partial charge in [0.15, 0.2) is 0 Å². The van der Waals surface area contributed by atoms with E-state index >= 15 is 0 Å². The van der Waals surface area contributed by atoms with Crippen LogP contribution in [0.5, 0.6) is 11.5 Å². The molecule has 0 saturated carbocycles. The van der Waals surface area contributed by atoms with Crippen molar-refractivity contribution in [2.24, 2.45) is 0 Å². The highest BCUT2D eigenvalue weighted by atomic mass is 16.5. The Morgan fingerprint density at radius 1 is 1.30 bits per heavy atom. The molecule has 0 aliphatic carbocycles. The lowest BCUT2D eigenvalue weighted by Crippen LogP contribution is -2.00. The van der Waals surface area contributed by atoms with Crippen molar-refractivity contribution in [2.45, 2.75) is 6.61 Å². The number of fused-ring (bicyclic) bond motifs is 1. The van der Waals surface area contributed by atoms with Gasteiger partial charge in [-0.3, -0.25) is 0 Å². The second-order valence-corrected chi connectivity index (χ2v) is 4.27. The van der Waals surface area contributed by atoms with E-state index in [9.17, 15) is 4.79 Å². The fourth-order valence-electron chi connectivity index (χ4n) is 2.04. The summed E-state index contributed by atoms with van der Waals surface area (Å²) in [5.41, 5.74) is 1.06. The van der Waals surface area contributed by atoms with Crippen LogP contribution in [0.3, 0.4) is 0 Å². The molecule has 5 nitrogen and oxygen atoms in total. The van der Waals surface area contributed by atoms with Crippen LogP contribution in [-0.4, -0.2) is 18.2 Å². The number of carbonyl (C=O) groups is 1. The van der Waals surface area contributed by atoms with Gasteiger partial charge in [-0.1, -0.05) is 0 Å². The Labute approximate surface area is 115 Å². The molecule has 0 bridgehead atoms. The van der Waals surface area contributed by atoms with E-state index in [2.05, 4.69) is 0 Å². The maximum Gasteiger partial charge on any atom is 0.344 e. The van der Waals surface area contributed by atoms with Gasteiger partial charge in [0.05, 0.1) is 12.7 Å². The van der Waals surface area contributed by atoms with Crippen LogP contribution in [0.15, 0.2) is 34.7 Å². The van der Waals surface area contributed by atoms with Crippen LogP contribution in [0.25, 0.3) is 11.6 Å². The molecule has 2 heterocycles. The molecule has 102 valence electrons. The van der Waals surface area contributed by atoms with E-state index in [-0.39, 0.29) is 6.61 Å². The van der Waals surface area contributed by atoms with Crippen LogP contribution in [0.4, 0.5) is 0 Å². The number of hydrogen-bond donors (Lipinski definition) is 1. The molecular formula is C15H12O5. The van der Waals surface area contributed by atoms with Crippen molar-refractivity contribution in [2.75, 3.05) is 7.11 Å². The Kier molecular flexibility index (Phi) is 3.04. The molecule has 0 fully saturated rings. The first-order valence-corrected chi connectivity index (χ1v) is 6.03. The normalized spacial score (nSPS) is 15.3. The molecule has 20 heavy (non-hydrogen) atoms. The van der Waals surface area contributed by atoms with Crippen molar-refractivity contribution >= 4 is 17.6 Å². The van der Waals surface area contributed by atoms with E-state index < -0.39 is 5.97 Å². The quantitative estimate of drug-likeness (QED) is 0.527. The Morgan fingerprint density at radius 3 is 2.85 bits per heavy atom. The number of aliphatic hydroxyl groups is 1. The zero-order valence-electron chi connectivity index (χ0n) is 10.8. The van der Waals surface area contributed by atoms with Crippen molar-refractivity contribution < 1.29 is 23.8 Å². The highest BCUT2D eigenvalue weighted by Gasteiger charge is 2.27. The number of hydrogen-bond acceptors (Lipinski definition) is 5. The largest absolute Gasteiger partial charge is 0.497 e. The van der Waals surface area contributed by atoms with Gasteiger partial charge in [-0.2, -0.15) is 0 Å². The van der Waals surface area contributed by atoms with E-state index in [1.165, 1.54) is 0 Å². The summed E-state index contributed by atoms with van der Waals surface area (Å²) in [6.45, 7) is -0.183. The Balaban J connectivity index is 2.04. The number of esters is 1. The van der Waals surface area contributed by atoms with E-state index in [0.717, 1.165) is 0 Å². The molecular weight excluding hydrogens is 260 g/mol. The van der Waals surface area contributed by atoms with Crippen LogP contribution in [0.1, 0.15) is 17.1 Å². The molecule has 0 unspecified atom stereocenters. The van der Waals surface area contributed by atoms with Crippen LogP contribution < -0.4 is 9.47 Å². The third kappa shape index (κ3) is 2.08. The Morgan fingerprint density at radius 2 is 2.15 bits per heavy atom. The molecule has 1 aliphatic rings. The average molecular weight is 272 g/mol. The van der Waals surface area contributed by atoms with E-state index in [1.54, 1.807) is 43.5 Å². The zero-order valence-corrected chi connectivity index (χ0v) is 10.8. The van der Waals surface area contributed by atoms with Crippen molar-refractivity contribution in [3.05, 3.63) is 47.4 Å². The highest BCUT2D eigenvalue weighted by Crippen LogP contribution is 2.37. The topological polar surface area (TPSA) is 68.9 Å². The minimum absolute atomic E-state index is 0.183. The smallest absolute Gasteiger partial charge is 0.344 e. The first-order valence-electron chi connectivity index (χ1n) is 6.03. The van der Waals surface area contributed by atoms with Crippen LogP contribution in [0, 0.1) is 0 Å². The molecule has 5 heteroatoms. The van der Waals surface area contributed by atoms with Gasteiger partial charge in [0.2, 0.25) is 0 Å². The predicted molar refractivity (Wildman–Crippen MR) is 71.1 cm³/mol. The molecule has 2 aromatic rings. The molecule has 1 aromatic heterocycles. The molecule has 0 spiro atoms. The molecule has 0 saturated heterocycles. The molecule has 3 rings (SSSR count). The number of furan rings is 1. The van der Waals surface area contributed by atoms with Crippen molar-refractivity contribution in [3.63, 3.8) is 0 Å². The third-order valence-electron chi connectivity index (χ3n) is 3.02. The maximum absolute atomic E-state index is 11.9. The van der Waals surface area contributed by atoms with Gasteiger partial charge in [0, 0.05) is 5.56 Å². The lowest BCUT2D eigenvalue weighted by atomic mass is 10.1. The number of aliphatic hydroxyl groups excluding tert-OH is 1. The third-order valence-corrected chi connectivity index (χ3v) is 3.02. The molecule has 0 atom stereocenters. The Bertz CT molecular complexity index is 696. The summed E-state index contributed by atoms with van der Waals surface area (Å²) in [4.78, 5) is 11.9. The van der Waals surface area contributed by atoms with Crippen molar-refractivity contribution in [1.82, 2.24) is 0 Å². The first-order chi connectivity index (χ1) is 9.71. The maximum atomic E-state index is 11.9. The second-order valence-electron chi connectivity index (χ2n) is 4.27. The van der Waals surface area contributed by atoms with Gasteiger partial charge in [0.1, 0.15) is 29.6 Å². The average Bonchev–Trinajstić information content (AvgIpc) is 3.04. The minimum Gasteiger partial charge on any atom is -0.497 e. The monoisotopic (exact) mass is 272 g/mol. The SMILES string of the molecule is COc1ccc2c(c1)C(=Cc1ccc(CO)o1)C(=O)O2. The molecule has 1 aliphatic heterocycles. The van der Waals surface area contributed by atoms with E-state index in [0.29, 0.717) is 34.2 Å². The fourth-order valence-corrected chi connectivity index (χ4v) is 2.04. The number of ether oxygens (including phenoxy) is 2. The summed E-state index contributed by atoms with van der Waals surface area (Å²) in [5, 5.41) is 8.97. The number of benzene rings is 1. The number of carbonyl (C=O) groups excluding carboxylic acids is 1. The van der Waals surface area contributed by atoms with E-state index in [1.807, 2.05) is 0 Å². The Hall–Kier alpha value is -2.53. The summed E-state index contributed by atoms with van der Waals surface area (Å²) in [7, 11) is 1.56. The van der Waals surface area contributed by atoms with Crippen molar-refractivity contribution in [1.29, 1.82) is 0 Å². The summed E-state index contributed by atoms with van der Waals surface area (Å²) in [5.74, 6) is 1.63. The van der Waals surface area contributed by atoms with Gasteiger partial charge in [-0.25, -0.2) is 4.79 Å². The highest BCUT2D eigenvalue weighted by molar-refractivity contribution is 6.25. The van der Waals surface area contributed by atoms with Gasteiger partial charge in [-0.05, 0) is 36.4 Å². The fraction of sp³-hybridized carbons (Fsp3) is 0.133. The molecule has 0 radical (unpaired) electrons. The lowest BCUT2D eigenvalue weighted by molar-refractivity contribution is -0.126. The second kappa shape index (κ2) is 4.86. The first kappa shape index (κ1) is 12.5. The summed E-state index contributed by atoms with van der Waals surface area (Å²) in [6, 6.07) is 8.49.